The van der Waals surface area contributed by atoms with Gasteiger partial charge in [0.05, 0.1) is 5.69 Å². The fourth-order valence-electron chi connectivity index (χ4n) is 3.94. The summed E-state index contributed by atoms with van der Waals surface area (Å²) in [6.45, 7) is 9.45. The Balaban J connectivity index is 1.30. The lowest BCUT2D eigenvalue weighted by Gasteiger charge is -2.36. The number of anilines is 1. The SMILES string of the molecule is C(=C\c1cccc(N2CCN(CCN3CCCC3)CC2)n1)/c1ccccc1. The van der Waals surface area contributed by atoms with Gasteiger partial charge in [0.2, 0.25) is 0 Å². The predicted molar refractivity (Wildman–Crippen MR) is 114 cm³/mol. The third-order valence-electron chi connectivity index (χ3n) is 5.63. The summed E-state index contributed by atoms with van der Waals surface area (Å²) in [5.74, 6) is 1.10. The maximum absolute atomic E-state index is 4.86. The molecule has 3 heterocycles. The fourth-order valence-corrected chi connectivity index (χ4v) is 3.94. The number of rotatable bonds is 6. The Morgan fingerprint density at radius 2 is 1.41 bits per heavy atom. The number of piperazine rings is 1. The number of aromatic nitrogens is 1. The van der Waals surface area contributed by atoms with Gasteiger partial charge in [-0.25, -0.2) is 4.98 Å². The van der Waals surface area contributed by atoms with Gasteiger partial charge in [0.25, 0.3) is 0 Å². The average molecular weight is 363 g/mol. The van der Waals surface area contributed by atoms with E-state index in [0.29, 0.717) is 0 Å². The molecule has 2 saturated heterocycles. The monoisotopic (exact) mass is 362 g/mol. The lowest BCUT2D eigenvalue weighted by molar-refractivity contribution is 0.215. The molecule has 0 saturated carbocycles. The van der Waals surface area contributed by atoms with E-state index in [1.807, 2.05) is 6.07 Å². The van der Waals surface area contributed by atoms with Crippen LogP contribution in [0, 0.1) is 0 Å². The smallest absolute Gasteiger partial charge is 0.129 e. The number of nitrogens with zero attached hydrogens (tertiary/aromatic N) is 4. The third kappa shape index (κ3) is 5.18. The minimum atomic E-state index is 1.02. The van der Waals surface area contributed by atoms with Crippen LogP contribution in [0.2, 0.25) is 0 Å². The predicted octanol–water partition coefficient (Wildman–Crippen LogP) is 3.47. The molecule has 0 atom stereocenters. The summed E-state index contributed by atoms with van der Waals surface area (Å²) < 4.78 is 0. The molecular weight excluding hydrogens is 332 g/mol. The van der Waals surface area contributed by atoms with Crippen LogP contribution in [0.15, 0.2) is 48.5 Å². The van der Waals surface area contributed by atoms with Crippen molar-refractivity contribution in [1.29, 1.82) is 0 Å². The molecule has 4 nitrogen and oxygen atoms in total. The van der Waals surface area contributed by atoms with E-state index in [1.54, 1.807) is 0 Å². The topological polar surface area (TPSA) is 22.6 Å². The molecule has 1 aromatic heterocycles. The van der Waals surface area contributed by atoms with Crippen molar-refractivity contribution < 1.29 is 0 Å². The van der Waals surface area contributed by atoms with Crippen molar-refractivity contribution in [3.8, 4) is 0 Å². The van der Waals surface area contributed by atoms with Gasteiger partial charge in [-0.15, -0.1) is 0 Å². The highest BCUT2D eigenvalue weighted by Crippen LogP contribution is 2.16. The van der Waals surface area contributed by atoms with Gasteiger partial charge < -0.3 is 9.80 Å². The molecule has 4 rings (SSSR count). The summed E-state index contributed by atoms with van der Waals surface area (Å²) in [5.41, 5.74) is 2.23. The largest absolute Gasteiger partial charge is 0.354 e. The maximum Gasteiger partial charge on any atom is 0.129 e. The van der Waals surface area contributed by atoms with Crippen molar-refractivity contribution in [1.82, 2.24) is 14.8 Å². The normalized spacial score (nSPS) is 19.2. The molecule has 0 radical (unpaired) electrons. The van der Waals surface area contributed by atoms with E-state index in [-0.39, 0.29) is 0 Å². The molecule has 0 bridgehead atoms. The summed E-state index contributed by atoms with van der Waals surface area (Å²) in [6.07, 6.45) is 7.00. The van der Waals surface area contributed by atoms with Crippen LogP contribution in [0.4, 0.5) is 5.82 Å². The first-order chi connectivity index (χ1) is 13.4. The van der Waals surface area contributed by atoms with E-state index in [9.17, 15) is 0 Å². The molecule has 2 aliphatic rings. The average Bonchev–Trinajstić information content (AvgIpc) is 3.26. The lowest BCUT2D eigenvalue weighted by atomic mass is 10.2. The summed E-state index contributed by atoms with van der Waals surface area (Å²) in [6, 6.07) is 16.7. The van der Waals surface area contributed by atoms with Gasteiger partial charge in [0, 0.05) is 39.3 Å². The second-order valence-corrected chi connectivity index (χ2v) is 7.54. The Morgan fingerprint density at radius 3 is 2.15 bits per heavy atom. The van der Waals surface area contributed by atoms with E-state index in [1.165, 1.54) is 44.6 Å². The molecule has 0 spiro atoms. The van der Waals surface area contributed by atoms with E-state index in [4.69, 9.17) is 4.98 Å². The van der Waals surface area contributed by atoms with Gasteiger partial charge >= 0.3 is 0 Å². The molecule has 1 aromatic carbocycles. The maximum atomic E-state index is 4.86. The van der Waals surface area contributed by atoms with Crippen LogP contribution in [-0.4, -0.2) is 67.1 Å². The Labute approximate surface area is 163 Å². The highest BCUT2D eigenvalue weighted by Gasteiger charge is 2.19. The minimum Gasteiger partial charge on any atom is -0.354 e. The Hall–Kier alpha value is -2.17. The van der Waals surface area contributed by atoms with Crippen LogP contribution in [0.5, 0.6) is 0 Å². The van der Waals surface area contributed by atoms with E-state index in [0.717, 1.165) is 37.7 Å². The quantitative estimate of drug-likeness (QED) is 0.785. The molecule has 2 aromatic rings. The lowest BCUT2D eigenvalue weighted by Crippen LogP contribution is -2.48. The summed E-state index contributed by atoms with van der Waals surface area (Å²) in [4.78, 5) is 12.5. The van der Waals surface area contributed by atoms with Crippen LogP contribution in [0.3, 0.4) is 0 Å². The second kappa shape index (κ2) is 9.16. The van der Waals surface area contributed by atoms with Gasteiger partial charge in [-0.3, -0.25) is 4.90 Å². The summed E-state index contributed by atoms with van der Waals surface area (Å²) >= 11 is 0. The zero-order valence-electron chi connectivity index (χ0n) is 16.1. The number of likely N-dealkylation sites (tertiary alicyclic amines) is 1. The Morgan fingerprint density at radius 1 is 0.704 bits per heavy atom. The van der Waals surface area contributed by atoms with Gasteiger partial charge in [-0.05, 0) is 49.7 Å². The van der Waals surface area contributed by atoms with Crippen LogP contribution in [-0.2, 0) is 0 Å². The molecule has 2 fully saturated rings. The minimum absolute atomic E-state index is 1.02. The van der Waals surface area contributed by atoms with Crippen LogP contribution in [0.1, 0.15) is 24.1 Å². The number of hydrogen-bond donors (Lipinski definition) is 0. The van der Waals surface area contributed by atoms with Crippen LogP contribution >= 0.6 is 0 Å². The zero-order chi connectivity index (χ0) is 18.3. The van der Waals surface area contributed by atoms with E-state index >= 15 is 0 Å². The molecule has 27 heavy (non-hydrogen) atoms. The van der Waals surface area contributed by atoms with Crippen molar-refractivity contribution in [2.75, 3.05) is 57.3 Å². The first kappa shape index (κ1) is 18.2. The van der Waals surface area contributed by atoms with Crippen molar-refractivity contribution >= 4 is 18.0 Å². The molecular formula is C23H30N4. The first-order valence-electron chi connectivity index (χ1n) is 10.3. The molecule has 0 amide bonds. The molecule has 142 valence electrons. The molecule has 2 aliphatic heterocycles. The zero-order valence-corrected chi connectivity index (χ0v) is 16.1. The Bertz CT molecular complexity index is 729. The van der Waals surface area contributed by atoms with Crippen molar-refractivity contribution in [2.45, 2.75) is 12.8 Å². The van der Waals surface area contributed by atoms with E-state index in [2.05, 4.69) is 69.3 Å². The van der Waals surface area contributed by atoms with Crippen LogP contribution < -0.4 is 4.90 Å². The second-order valence-electron chi connectivity index (χ2n) is 7.54. The number of pyridine rings is 1. The number of hydrogen-bond acceptors (Lipinski definition) is 4. The summed E-state index contributed by atoms with van der Waals surface area (Å²) in [7, 11) is 0. The van der Waals surface area contributed by atoms with E-state index < -0.39 is 0 Å². The van der Waals surface area contributed by atoms with Gasteiger partial charge in [-0.2, -0.15) is 0 Å². The highest BCUT2D eigenvalue weighted by molar-refractivity contribution is 5.68. The third-order valence-corrected chi connectivity index (χ3v) is 5.63. The molecule has 0 unspecified atom stereocenters. The fraction of sp³-hybridized carbons (Fsp3) is 0.435. The molecule has 4 heteroatoms. The first-order valence-corrected chi connectivity index (χ1v) is 10.3. The Kier molecular flexibility index (Phi) is 6.17. The van der Waals surface area contributed by atoms with Gasteiger partial charge in [0.15, 0.2) is 0 Å². The molecule has 0 N–H and O–H groups in total. The van der Waals surface area contributed by atoms with Gasteiger partial charge in [0.1, 0.15) is 5.82 Å². The standard InChI is InChI=1S/C23H30N4/c1-2-7-21(8-3-1)11-12-22-9-6-10-23(24-22)27-19-17-26(18-20-27)16-15-25-13-4-5-14-25/h1-3,6-12H,4-5,13-20H2/b12-11+. The highest BCUT2D eigenvalue weighted by atomic mass is 15.3. The van der Waals surface area contributed by atoms with Crippen LogP contribution in [0.25, 0.3) is 12.2 Å². The van der Waals surface area contributed by atoms with Crippen molar-refractivity contribution in [3.63, 3.8) is 0 Å². The summed E-state index contributed by atoms with van der Waals surface area (Å²) in [5, 5.41) is 0. The number of benzene rings is 1. The van der Waals surface area contributed by atoms with Crippen molar-refractivity contribution in [2.24, 2.45) is 0 Å². The van der Waals surface area contributed by atoms with Gasteiger partial charge in [-0.1, -0.05) is 42.5 Å². The van der Waals surface area contributed by atoms with Crippen molar-refractivity contribution in [3.05, 3.63) is 59.8 Å². The molecule has 0 aliphatic carbocycles.